The molecule has 2 saturated heterocycles. The van der Waals surface area contributed by atoms with Crippen LogP contribution in [0.3, 0.4) is 0 Å². The predicted octanol–water partition coefficient (Wildman–Crippen LogP) is 2.64. The van der Waals surface area contributed by atoms with Crippen molar-refractivity contribution in [1.82, 2.24) is 19.9 Å². The number of aromatic nitrogens is 3. The summed E-state index contributed by atoms with van der Waals surface area (Å²) in [6, 6.07) is 6.03. The molecule has 2 aromatic rings. The van der Waals surface area contributed by atoms with Crippen molar-refractivity contribution < 1.29 is 27.9 Å². The third-order valence-corrected chi connectivity index (χ3v) is 5.39. The van der Waals surface area contributed by atoms with Crippen LogP contribution in [0.4, 0.5) is 19.0 Å². The largest absolute Gasteiger partial charge is 0.490 e. The lowest BCUT2D eigenvalue weighted by molar-refractivity contribution is -0.192. The number of carboxylic acid groups (broad SMARTS) is 1. The molecule has 8 nitrogen and oxygen atoms in total. The molecule has 0 bridgehead atoms. The second kappa shape index (κ2) is 9.27. The Kier molecular flexibility index (Phi) is 6.71. The van der Waals surface area contributed by atoms with Crippen LogP contribution in [0.1, 0.15) is 29.8 Å². The van der Waals surface area contributed by atoms with Gasteiger partial charge in [0.2, 0.25) is 0 Å². The first kappa shape index (κ1) is 22.4. The zero-order valence-corrected chi connectivity index (χ0v) is 16.6. The lowest BCUT2D eigenvalue weighted by atomic mass is 9.79. The van der Waals surface area contributed by atoms with Crippen molar-refractivity contribution in [3.8, 4) is 0 Å². The molecule has 1 unspecified atom stereocenters. The number of carbonyl (C=O) groups excluding carboxylic acids is 1. The smallest absolute Gasteiger partial charge is 0.475 e. The third-order valence-electron chi connectivity index (χ3n) is 5.39. The van der Waals surface area contributed by atoms with E-state index in [4.69, 9.17) is 9.90 Å². The fraction of sp³-hybridized carbons (Fsp3) is 0.450. The Morgan fingerprint density at radius 3 is 2.42 bits per heavy atom. The van der Waals surface area contributed by atoms with E-state index in [-0.39, 0.29) is 11.3 Å². The molecule has 31 heavy (non-hydrogen) atoms. The van der Waals surface area contributed by atoms with E-state index in [1.807, 2.05) is 23.2 Å². The second-order valence-corrected chi connectivity index (χ2v) is 7.58. The van der Waals surface area contributed by atoms with Gasteiger partial charge in [0.15, 0.2) is 0 Å². The molecule has 4 heterocycles. The van der Waals surface area contributed by atoms with E-state index in [1.54, 1.807) is 18.6 Å². The highest BCUT2D eigenvalue weighted by atomic mass is 19.4. The van der Waals surface area contributed by atoms with Gasteiger partial charge >= 0.3 is 12.1 Å². The zero-order chi connectivity index (χ0) is 22.5. The molecular formula is C20H22F3N5O3. The van der Waals surface area contributed by atoms with E-state index in [0.717, 1.165) is 44.8 Å². The van der Waals surface area contributed by atoms with Crippen molar-refractivity contribution in [2.24, 2.45) is 5.41 Å². The molecule has 1 N–H and O–H groups in total. The van der Waals surface area contributed by atoms with Gasteiger partial charge in [-0.05, 0) is 31.4 Å². The van der Waals surface area contributed by atoms with Crippen molar-refractivity contribution in [3.05, 3.63) is 48.7 Å². The van der Waals surface area contributed by atoms with Crippen molar-refractivity contribution in [2.45, 2.75) is 25.4 Å². The van der Waals surface area contributed by atoms with Crippen LogP contribution in [-0.4, -0.2) is 69.2 Å². The number of rotatable bonds is 2. The number of carboxylic acids is 1. The normalized spacial score (nSPS) is 20.9. The monoisotopic (exact) mass is 437 g/mol. The molecule has 2 aliphatic rings. The topological polar surface area (TPSA) is 99.5 Å². The van der Waals surface area contributed by atoms with E-state index in [1.165, 1.54) is 6.42 Å². The maximum atomic E-state index is 12.7. The summed E-state index contributed by atoms with van der Waals surface area (Å²) >= 11 is 0. The Labute approximate surface area is 176 Å². The molecule has 1 spiro atoms. The number of carbonyl (C=O) groups is 2. The number of pyridine rings is 1. The number of hydrogen-bond acceptors (Lipinski definition) is 6. The summed E-state index contributed by atoms with van der Waals surface area (Å²) in [6.07, 6.45) is 4.79. The number of hydrogen-bond donors (Lipinski definition) is 1. The SMILES string of the molecule is O=C(O)C(F)(F)F.O=C(c1cnccn1)N1CCCC2(CCN(c3ccccn3)C2)C1. The van der Waals surface area contributed by atoms with Gasteiger partial charge in [0, 0.05) is 50.2 Å². The lowest BCUT2D eigenvalue weighted by Gasteiger charge is -2.40. The summed E-state index contributed by atoms with van der Waals surface area (Å²) in [4.78, 5) is 38.5. The molecule has 2 fully saturated rings. The van der Waals surface area contributed by atoms with Crippen molar-refractivity contribution >= 4 is 17.7 Å². The summed E-state index contributed by atoms with van der Waals surface area (Å²) in [5.74, 6) is -1.72. The van der Waals surface area contributed by atoms with Crippen molar-refractivity contribution in [3.63, 3.8) is 0 Å². The van der Waals surface area contributed by atoms with Gasteiger partial charge in [0.1, 0.15) is 11.5 Å². The first-order chi connectivity index (χ1) is 14.7. The Bertz CT molecular complexity index is 898. The minimum absolute atomic E-state index is 0.00142. The minimum Gasteiger partial charge on any atom is -0.475 e. The maximum Gasteiger partial charge on any atom is 0.490 e. The van der Waals surface area contributed by atoms with Crippen molar-refractivity contribution in [1.29, 1.82) is 0 Å². The van der Waals surface area contributed by atoms with Crippen LogP contribution in [0.25, 0.3) is 0 Å². The first-order valence-electron chi connectivity index (χ1n) is 9.72. The van der Waals surface area contributed by atoms with E-state index < -0.39 is 12.1 Å². The van der Waals surface area contributed by atoms with E-state index in [9.17, 15) is 18.0 Å². The zero-order valence-electron chi connectivity index (χ0n) is 16.6. The van der Waals surface area contributed by atoms with Crippen LogP contribution in [0, 0.1) is 5.41 Å². The average molecular weight is 437 g/mol. The summed E-state index contributed by atoms with van der Waals surface area (Å²) < 4.78 is 31.7. The van der Waals surface area contributed by atoms with Crippen LogP contribution in [0.5, 0.6) is 0 Å². The Hall–Kier alpha value is -3.24. The number of likely N-dealkylation sites (tertiary alicyclic amines) is 1. The first-order valence-corrected chi connectivity index (χ1v) is 9.72. The van der Waals surface area contributed by atoms with Gasteiger partial charge in [-0.3, -0.25) is 9.78 Å². The molecule has 0 aromatic carbocycles. The number of halogens is 3. The molecule has 4 rings (SSSR count). The summed E-state index contributed by atoms with van der Waals surface area (Å²) in [5, 5.41) is 7.12. The highest BCUT2D eigenvalue weighted by molar-refractivity contribution is 5.92. The summed E-state index contributed by atoms with van der Waals surface area (Å²) in [6.45, 7) is 3.57. The van der Waals surface area contributed by atoms with Gasteiger partial charge in [0.25, 0.3) is 5.91 Å². The molecular weight excluding hydrogens is 415 g/mol. The van der Waals surface area contributed by atoms with Crippen LogP contribution >= 0.6 is 0 Å². The van der Waals surface area contributed by atoms with Gasteiger partial charge in [-0.25, -0.2) is 14.8 Å². The Morgan fingerprint density at radius 2 is 1.81 bits per heavy atom. The number of aliphatic carboxylic acids is 1. The number of piperidine rings is 1. The number of anilines is 1. The van der Waals surface area contributed by atoms with Gasteiger partial charge in [-0.15, -0.1) is 0 Å². The number of nitrogens with zero attached hydrogens (tertiary/aromatic N) is 5. The fourth-order valence-corrected chi connectivity index (χ4v) is 3.96. The molecule has 166 valence electrons. The predicted molar refractivity (Wildman–Crippen MR) is 104 cm³/mol. The number of alkyl halides is 3. The van der Waals surface area contributed by atoms with E-state index in [2.05, 4.69) is 25.9 Å². The van der Waals surface area contributed by atoms with Crippen LogP contribution < -0.4 is 4.90 Å². The quantitative estimate of drug-likeness (QED) is 0.771. The standard InChI is InChI=1S/C18H21N5O.C2HF3O2/c24-17(15-12-19-8-9-20-15)23-10-3-5-18(14-23)6-11-22(13-18)16-4-1-2-7-21-16;3-2(4,5)1(6)7/h1-2,4,7-9,12H,3,5-6,10-11,13-14H2;(H,6,7). The van der Waals surface area contributed by atoms with Crippen LogP contribution in [-0.2, 0) is 4.79 Å². The Balaban J connectivity index is 0.000000339. The van der Waals surface area contributed by atoms with Gasteiger partial charge in [0.05, 0.1) is 6.20 Å². The fourth-order valence-electron chi connectivity index (χ4n) is 3.96. The highest BCUT2D eigenvalue weighted by Gasteiger charge is 2.43. The van der Waals surface area contributed by atoms with Gasteiger partial charge in [-0.1, -0.05) is 6.07 Å². The van der Waals surface area contributed by atoms with Gasteiger partial charge in [-0.2, -0.15) is 13.2 Å². The number of amides is 1. The van der Waals surface area contributed by atoms with E-state index in [0.29, 0.717) is 5.69 Å². The van der Waals surface area contributed by atoms with Crippen LogP contribution in [0.15, 0.2) is 43.0 Å². The maximum absolute atomic E-state index is 12.7. The molecule has 0 aliphatic carbocycles. The van der Waals surface area contributed by atoms with Crippen molar-refractivity contribution in [2.75, 3.05) is 31.1 Å². The van der Waals surface area contributed by atoms with E-state index >= 15 is 0 Å². The third kappa shape index (κ3) is 5.68. The van der Waals surface area contributed by atoms with Gasteiger partial charge < -0.3 is 14.9 Å². The molecule has 0 radical (unpaired) electrons. The average Bonchev–Trinajstić information content (AvgIpc) is 3.17. The summed E-state index contributed by atoms with van der Waals surface area (Å²) in [7, 11) is 0. The van der Waals surface area contributed by atoms with Crippen LogP contribution in [0.2, 0.25) is 0 Å². The molecule has 0 saturated carbocycles. The summed E-state index contributed by atoms with van der Waals surface area (Å²) in [5.41, 5.74) is 0.613. The molecule has 1 amide bonds. The highest BCUT2D eigenvalue weighted by Crippen LogP contribution is 2.40. The molecule has 1 atom stereocenters. The molecule has 2 aromatic heterocycles. The Morgan fingerprint density at radius 1 is 1.03 bits per heavy atom. The second-order valence-electron chi connectivity index (χ2n) is 7.58. The molecule has 11 heteroatoms. The lowest BCUT2D eigenvalue weighted by Crippen LogP contribution is -2.47. The minimum atomic E-state index is -5.08. The molecule has 2 aliphatic heterocycles.